The van der Waals surface area contributed by atoms with E-state index in [0.717, 1.165) is 18.8 Å². The first kappa shape index (κ1) is 9.03. The summed E-state index contributed by atoms with van der Waals surface area (Å²) in [5.41, 5.74) is 6.06. The maximum Gasteiger partial charge on any atom is 0.111 e. The highest BCUT2D eigenvalue weighted by atomic mass is 16.5. The number of rotatable bonds is 4. The van der Waals surface area contributed by atoms with Crippen LogP contribution in [0.3, 0.4) is 0 Å². The Kier molecular flexibility index (Phi) is 2.56. The van der Waals surface area contributed by atoms with Crippen LogP contribution < -0.4 is 5.73 Å². The summed E-state index contributed by atoms with van der Waals surface area (Å²) in [6.45, 7) is 0.782. The van der Waals surface area contributed by atoms with Gasteiger partial charge in [0.1, 0.15) is 5.76 Å². The normalized spacial score (nSPS) is 26.5. The van der Waals surface area contributed by atoms with E-state index in [1.165, 1.54) is 12.8 Å². The minimum absolute atomic E-state index is 0.0556. The monoisotopic (exact) mass is 183 g/mol. The molecule has 1 heterocycles. The molecule has 1 fully saturated rings. The van der Waals surface area contributed by atoms with E-state index in [1.54, 1.807) is 7.11 Å². The molecule has 0 spiro atoms. The fraction of sp³-hybridized carbons (Fsp3) is 0.800. The first-order valence-electron chi connectivity index (χ1n) is 4.94. The van der Waals surface area contributed by atoms with E-state index in [2.05, 4.69) is 6.08 Å². The van der Waals surface area contributed by atoms with Gasteiger partial charge in [0.2, 0.25) is 0 Å². The van der Waals surface area contributed by atoms with E-state index in [-0.39, 0.29) is 12.1 Å². The van der Waals surface area contributed by atoms with Crippen LogP contribution in [0.25, 0.3) is 0 Å². The molecule has 2 aliphatic rings. The molecule has 0 bridgehead atoms. The highest BCUT2D eigenvalue weighted by molar-refractivity contribution is 5.10. The van der Waals surface area contributed by atoms with Crippen molar-refractivity contribution >= 4 is 0 Å². The molecule has 0 aromatic rings. The molecule has 0 aromatic heterocycles. The Morgan fingerprint density at radius 3 is 2.85 bits per heavy atom. The van der Waals surface area contributed by atoms with Gasteiger partial charge in [0.25, 0.3) is 0 Å². The molecule has 1 aliphatic carbocycles. The number of hydrogen-bond acceptors (Lipinski definition) is 3. The van der Waals surface area contributed by atoms with Crippen LogP contribution in [0.2, 0.25) is 0 Å². The largest absolute Gasteiger partial charge is 0.496 e. The lowest BCUT2D eigenvalue weighted by atomic mass is 10.1. The average Bonchev–Trinajstić information content (AvgIpc) is 2.83. The van der Waals surface area contributed by atoms with Crippen molar-refractivity contribution in [2.45, 2.75) is 31.4 Å². The molecule has 74 valence electrons. The molecule has 1 saturated carbocycles. The number of hydrogen-bond donors (Lipinski definition) is 1. The lowest BCUT2D eigenvalue weighted by Crippen LogP contribution is -2.39. The summed E-state index contributed by atoms with van der Waals surface area (Å²) in [5, 5.41) is 0. The van der Waals surface area contributed by atoms with Gasteiger partial charge in [0.05, 0.1) is 18.8 Å². The van der Waals surface area contributed by atoms with E-state index in [9.17, 15) is 0 Å². The van der Waals surface area contributed by atoms with Gasteiger partial charge in [-0.2, -0.15) is 0 Å². The third-order valence-corrected chi connectivity index (χ3v) is 2.77. The maximum atomic E-state index is 6.06. The lowest BCUT2D eigenvalue weighted by Gasteiger charge is -2.22. The van der Waals surface area contributed by atoms with Crippen molar-refractivity contribution in [1.82, 2.24) is 0 Å². The van der Waals surface area contributed by atoms with Gasteiger partial charge in [0.15, 0.2) is 0 Å². The third kappa shape index (κ3) is 1.86. The zero-order valence-electron chi connectivity index (χ0n) is 8.03. The summed E-state index contributed by atoms with van der Waals surface area (Å²) >= 11 is 0. The van der Waals surface area contributed by atoms with Gasteiger partial charge in [-0.3, -0.25) is 0 Å². The number of ether oxygens (including phenoxy) is 2. The lowest BCUT2D eigenvalue weighted by molar-refractivity contribution is 0.0546. The van der Waals surface area contributed by atoms with Gasteiger partial charge in [-0.05, 0) is 24.8 Å². The Labute approximate surface area is 78.9 Å². The van der Waals surface area contributed by atoms with Crippen LogP contribution in [-0.2, 0) is 9.47 Å². The van der Waals surface area contributed by atoms with E-state index in [1.807, 2.05) is 0 Å². The summed E-state index contributed by atoms with van der Waals surface area (Å²) in [6, 6.07) is -0.0556. The summed E-state index contributed by atoms with van der Waals surface area (Å²) in [4.78, 5) is 0. The fourth-order valence-electron chi connectivity index (χ4n) is 1.89. The van der Waals surface area contributed by atoms with Crippen LogP contribution in [0.1, 0.15) is 19.3 Å². The topological polar surface area (TPSA) is 44.5 Å². The molecular formula is C10H17NO2. The predicted molar refractivity (Wildman–Crippen MR) is 50.1 cm³/mol. The highest BCUT2D eigenvalue weighted by Gasteiger charge is 2.37. The Hall–Kier alpha value is -0.540. The van der Waals surface area contributed by atoms with Crippen molar-refractivity contribution in [3.05, 3.63) is 11.8 Å². The first-order valence-corrected chi connectivity index (χ1v) is 4.94. The Morgan fingerprint density at radius 1 is 1.62 bits per heavy atom. The summed E-state index contributed by atoms with van der Waals surface area (Å²) in [6.07, 6.45) is 5.73. The molecule has 1 aliphatic heterocycles. The van der Waals surface area contributed by atoms with Gasteiger partial charge in [-0.25, -0.2) is 0 Å². The molecule has 0 amide bonds. The fourth-order valence-corrected chi connectivity index (χ4v) is 1.89. The second kappa shape index (κ2) is 3.68. The predicted octanol–water partition coefficient (Wildman–Crippen LogP) is 1.04. The standard InChI is InChI=1S/C10H17NO2/c1-12-10(7-4-5-7)9(11)8-3-2-6-13-8/h3,7,9-10H,2,4-6,11H2,1H3. The van der Waals surface area contributed by atoms with Gasteiger partial charge in [-0.15, -0.1) is 0 Å². The molecule has 13 heavy (non-hydrogen) atoms. The van der Waals surface area contributed by atoms with Crippen LogP contribution in [-0.4, -0.2) is 25.9 Å². The highest BCUT2D eigenvalue weighted by Crippen LogP contribution is 2.36. The quantitative estimate of drug-likeness (QED) is 0.708. The molecular weight excluding hydrogens is 166 g/mol. The molecule has 3 heteroatoms. The maximum absolute atomic E-state index is 6.06. The summed E-state index contributed by atoms with van der Waals surface area (Å²) in [7, 11) is 1.73. The van der Waals surface area contributed by atoms with Crippen molar-refractivity contribution < 1.29 is 9.47 Å². The molecule has 2 rings (SSSR count). The van der Waals surface area contributed by atoms with E-state index in [0.29, 0.717) is 5.92 Å². The van der Waals surface area contributed by atoms with Crippen LogP contribution in [0.4, 0.5) is 0 Å². The van der Waals surface area contributed by atoms with Crippen LogP contribution in [0.5, 0.6) is 0 Å². The van der Waals surface area contributed by atoms with Crippen molar-refractivity contribution in [2.75, 3.05) is 13.7 Å². The average molecular weight is 183 g/mol. The molecule has 3 nitrogen and oxygen atoms in total. The van der Waals surface area contributed by atoms with Crippen molar-refractivity contribution in [3.63, 3.8) is 0 Å². The Bertz CT molecular complexity index is 211. The zero-order chi connectivity index (χ0) is 9.26. The minimum Gasteiger partial charge on any atom is -0.496 e. The zero-order valence-corrected chi connectivity index (χ0v) is 8.03. The van der Waals surface area contributed by atoms with Crippen molar-refractivity contribution in [2.24, 2.45) is 11.7 Å². The van der Waals surface area contributed by atoms with E-state index < -0.39 is 0 Å². The van der Waals surface area contributed by atoms with Gasteiger partial charge in [0, 0.05) is 13.5 Å². The summed E-state index contributed by atoms with van der Waals surface area (Å²) in [5.74, 6) is 1.59. The first-order chi connectivity index (χ1) is 6.33. The second-order valence-corrected chi connectivity index (χ2v) is 3.81. The van der Waals surface area contributed by atoms with Crippen molar-refractivity contribution in [3.8, 4) is 0 Å². The van der Waals surface area contributed by atoms with Gasteiger partial charge >= 0.3 is 0 Å². The van der Waals surface area contributed by atoms with Crippen LogP contribution in [0.15, 0.2) is 11.8 Å². The molecule has 0 saturated heterocycles. The van der Waals surface area contributed by atoms with E-state index >= 15 is 0 Å². The van der Waals surface area contributed by atoms with Gasteiger partial charge < -0.3 is 15.2 Å². The minimum atomic E-state index is -0.0556. The van der Waals surface area contributed by atoms with Gasteiger partial charge in [-0.1, -0.05) is 0 Å². The molecule has 2 atom stereocenters. The van der Waals surface area contributed by atoms with Crippen molar-refractivity contribution in [1.29, 1.82) is 0 Å². The Morgan fingerprint density at radius 2 is 2.38 bits per heavy atom. The number of methoxy groups -OCH3 is 1. The van der Waals surface area contributed by atoms with E-state index in [4.69, 9.17) is 15.2 Å². The van der Waals surface area contributed by atoms with Crippen LogP contribution in [0, 0.1) is 5.92 Å². The SMILES string of the molecule is COC(C1CC1)C(N)C1=CCCO1. The molecule has 2 unspecified atom stereocenters. The molecule has 2 N–H and O–H groups in total. The Balaban J connectivity index is 1.96. The van der Waals surface area contributed by atoms with Crippen LogP contribution >= 0.6 is 0 Å². The molecule has 0 aromatic carbocycles. The second-order valence-electron chi connectivity index (χ2n) is 3.81. The smallest absolute Gasteiger partial charge is 0.111 e. The number of nitrogens with two attached hydrogens (primary N) is 1. The summed E-state index contributed by atoms with van der Waals surface area (Å²) < 4.78 is 10.8. The third-order valence-electron chi connectivity index (χ3n) is 2.77. The molecule has 0 radical (unpaired) electrons.